The Morgan fingerprint density at radius 2 is 2.17 bits per heavy atom. The summed E-state index contributed by atoms with van der Waals surface area (Å²) in [6.07, 6.45) is 1.89. The maximum absolute atomic E-state index is 14.5. The SMILES string of the molecule is N#CC=C1CCN(c2ccc(N3CC(CO)OC3=O)cc2F)CC1. The van der Waals surface area contributed by atoms with Crippen molar-refractivity contribution in [3.05, 3.63) is 35.7 Å². The Balaban J connectivity index is 1.73. The van der Waals surface area contributed by atoms with Crippen molar-refractivity contribution in [2.24, 2.45) is 0 Å². The van der Waals surface area contributed by atoms with E-state index in [2.05, 4.69) is 0 Å². The third-order valence-corrected chi connectivity index (χ3v) is 4.34. The molecule has 2 aliphatic heterocycles. The van der Waals surface area contributed by atoms with E-state index in [1.165, 1.54) is 11.0 Å². The molecule has 0 saturated carbocycles. The lowest BCUT2D eigenvalue weighted by molar-refractivity contribution is 0.0963. The molecule has 7 heteroatoms. The van der Waals surface area contributed by atoms with Crippen molar-refractivity contribution in [3.8, 4) is 6.07 Å². The molecule has 3 rings (SSSR count). The summed E-state index contributed by atoms with van der Waals surface area (Å²) in [6, 6.07) is 6.69. The van der Waals surface area contributed by atoms with Crippen molar-refractivity contribution in [1.82, 2.24) is 0 Å². The van der Waals surface area contributed by atoms with E-state index in [9.17, 15) is 9.18 Å². The van der Waals surface area contributed by atoms with Crippen LogP contribution >= 0.6 is 0 Å². The number of piperidine rings is 1. The van der Waals surface area contributed by atoms with Crippen LogP contribution in [0.2, 0.25) is 0 Å². The molecule has 2 saturated heterocycles. The number of rotatable bonds is 3. The molecular weight excluding hydrogens is 313 g/mol. The molecule has 0 radical (unpaired) electrons. The molecule has 1 unspecified atom stereocenters. The van der Waals surface area contributed by atoms with Crippen molar-refractivity contribution in [2.45, 2.75) is 18.9 Å². The second-order valence-corrected chi connectivity index (χ2v) is 5.85. The van der Waals surface area contributed by atoms with Crippen molar-refractivity contribution in [1.29, 1.82) is 5.26 Å². The van der Waals surface area contributed by atoms with E-state index in [4.69, 9.17) is 15.1 Å². The number of halogens is 1. The fraction of sp³-hybridized carbons (Fsp3) is 0.412. The van der Waals surface area contributed by atoms with Gasteiger partial charge in [-0.15, -0.1) is 0 Å². The molecule has 1 N–H and O–H groups in total. The first-order valence-electron chi connectivity index (χ1n) is 7.83. The van der Waals surface area contributed by atoms with Crippen LogP contribution in [-0.2, 0) is 4.74 Å². The third-order valence-electron chi connectivity index (χ3n) is 4.34. The Morgan fingerprint density at radius 1 is 1.42 bits per heavy atom. The number of hydrogen-bond acceptors (Lipinski definition) is 5. The molecule has 1 aromatic rings. The second-order valence-electron chi connectivity index (χ2n) is 5.85. The molecule has 126 valence electrons. The smallest absolute Gasteiger partial charge is 0.414 e. The van der Waals surface area contributed by atoms with Crippen LogP contribution in [0.1, 0.15) is 12.8 Å². The van der Waals surface area contributed by atoms with Crippen LogP contribution in [0.15, 0.2) is 29.8 Å². The molecular formula is C17H18FN3O3. The summed E-state index contributed by atoms with van der Waals surface area (Å²) in [7, 11) is 0. The fourth-order valence-electron chi connectivity index (χ4n) is 3.02. The Kier molecular flexibility index (Phi) is 4.67. The van der Waals surface area contributed by atoms with E-state index in [0.29, 0.717) is 24.5 Å². The molecule has 0 bridgehead atoms. The lowest BCUT2D eigenvalue weighted by Crippen LogP contribution is -2.31. The summed E-state index contributed by atoms with van der Waals surface area (Å²) < 4.78 is 19.5. The van der Waals surface area contributed by atoms with Gasteiger partial charge >= 0.3 is 6.09 Å². The fourth-order valence-corrected chi connectivity index (χ4v) is 3.02. The number of aliphatic hydroxyl groups is 1. The molecule has 6 nitrogen and oxygen atoms in total. The number of carbonyl (C=O) groups is 1. The highest BCUT2D eigenvalue weighted by molar-refractivity contribution is 5.90. The number of cyclic esters (lactones) is 1. The van der Waals surface area contributed by atoms with Gasteiger partial charge in [0.15, 0.2) is 0 Å². The lowest BCUT2D eigenvalue weighted by atomic mass is 10.0. The number of benzene rings is 1. The number of hydrogen-bond donors (Lipinski definition) is 1. The van der Waals surface area contributed by atoms with Crippen molar-refractivity contribution in [2.75, 3.05) is 36.0 Å². The topological polar surface area (TPSA) is 76.8 Å². The van der Waals surface area contributed by atoms with Crippen molar-refractivity contribution in [3.63, 3.8) is 0 Å². The number of amides is 1. The molecule has 24 heavy (non-hydrogen) atoms. The zero-order valence-electron chi connectivity index (χ0n) is 13.1. The summed E-state index contributed by atoms with van der Waals surface area (Å²) in [6.45, 7) is 1.26. The predicted molar refractivity (Wildman–Crippen MR) is 86.2 cm³/mol. The summed E-state index contributed by atoms with van der Waals surface area (Å²) in [5, 5.41) is 17.7. The lowest BCUT2D eigenvalue weighted by Gasteiger charge is -2.30. The van der Waals surface area contributed by atoms with Gasteiger partial charge in [0, 0.05) is 19.2 Å². The minimum atomic E-state index is -0.578. The Morgan fingerprint density at radius 3 is 2.75 bits per heavy atom. The van der Waals surface area contributed by atoms with E-state index in [1.807, 2.05) is 11.0 Å². The van der Waals surface area contributed by atoms with Gasteiger partial charge in [-0.05, 0) is 31.0 Å². The van der Waals surface area contributed by atoms with Crippen LogP contribution in [0.4, 0.5) is 20.6 Å². The quantitative estimate of drug-likeness (QED) is 0.859. The average molecular weight is 331 g/mol. The standard InChI is InChI=1S/C17H18FN3O3/c18-15-9-13(21-10-14(11-22)24-17(21)23)1-2-16(15)20-7-4-12(3-6-19)5-8-20/h1-3,9,14,22H,4-5,7-8,10-11H2. The number of allylic oxidation sites excluding steroid dienone is 1. The molecule has 2 aliphatic rings. The first-order chi connectivity index (χ1) is 11.6. The van der Waals surface area contributed by atoms with Gasteiger partial charge in [-0.3, -0.25) is 4.90 Å². The molecule has 1 amide bonds. The van der Waals surface area contributed by atoms with Crippen molar-refractivity contribution >= 4 is 17.5 Å². The van der Waals surface area contributed by atoms with Crippen LogP contribution in [0, 0.1) is 17.1 Å². The number of nitrogens with zero attached hydrogens (tertiary/aromatic N) is 3. The molecule has 0 aliphatic carbocycles. The minimum Gasteiger partial charge on any atom is -0.441 e. The normalized spacial score (nSPS) is 20.8. The van der Waals surface area contributed by atoms with Crippen LogP contribution in [0.5, 0.6) is 0 Å². The predicted octanol–water partition coefficient (Wildman–Crippen LogP) is 2.19. The van der Waals surface area contributed by atoms with Gasteiger partial charge in [0.25, 0.3) is 0 Å². The van der Waals surface area contributed by atoms with E-state index < -0.39 is 18.0 Å². The first kappa shape index (κ1) is 16.3. The van der Waals surface area contributed by atoms with Crippen LogP contribution in [0.25, 0.3) is 0 Å². The average Bonchev–Trinajstić information content (AvgIpc) is 2.97. The van der Waals surface area contributed by atoms with E-state index >= 15 is 0 Å². The number of aliphatic hydroxyl groups excluding tert-OH is 1. The number of carbonyl (C=O) groups excluding carboxylic acids is 1. The molecule has 1 aromatic carbocycles. The Bertz CT molecular complexity index is 704. The number of anilines is 2. The van der Waals surface area contributed by atoms with Gasteiger partial charge in [-0.2, -0.15) is 5.26 Å². The van der Waals surface area contributed by atoms with E-state index in [1.54, 1.807) is 18.2 Å². The monoisotopic (exact) mass is 331 g/mol. The minimum absolute atomic E-state index is 0.208. The highest BCUT2D eigenvalue weighted by Crippen LogP contribution is 2.30. The molecule has 2 fully saturated rings. The summed E-state index contributed by atoms with van der Waals surface area (Å²) in [4.78, 5) is 15.0. The Hall–Kier alpha value is -2.59. The maximum atomic E-state index is 14.5. The van der Waals surface area contributed by atoms with Gasteiger partial charge in [0.2, 0.25) is 0 Å². The zero-order chi connectivity index (χ0) is 17.1. The molecule has 0 aromatic heterocycles. The largest absolute Gasteiger partial charge is 0.441 e. The summed E-state index contributed by atoms with van der Waals surface area (Å²) in [5.41, 5.74) is 1.99. The van der Waals surface area contributed by atoms with E-state index in [0.717, 1.165) is 18.4 Å². The summed E-state index contributed by atoms with van der Waals surface area (Å²) in [5.74, 6) is -0.402. The highest BCUT2D eigenvalue weighted by atomic mass is 19.1. The highest BCUT2D eigenvalue weighted by Gasteiger charge is 2.32. The third kappa shape index (κ3) is 3.19. The van der Waals surface area contributed by atoms with Gasteiger partial charge in [0.05, 0.1) is 30.6 Å². The number of nitriles is 1. The zero-order valence-corrected chi connectivity index (χ0v) is 13.1. The van der Waals surface area contributed by atoms with Gasteiger partial charge in [-0.25, -0.2) is 9.18 Å². The van der Waals surface area contributed by atoms with Crippen LogP contribution < -0.4 is 9.80 Å². The molecule has 2 heterocycles. The summed E-state index contributed by atoms with van der Waals surface area (Å²) >= 11 is 0. The van der Waals surface area contributed by atoms with Crippen molar-refractivity contribution < 1.29 is 19.0 Å². The molecule has 0 spiro atoms. The Labute approximate surface area is 139 Å². The molecule has 1 atom stereocenters. The van der Waals surface area contributed by atoms with E-state index in [-0.39, 0.29) is 13.2 Å². The maximum Gasteiger partial charge on any atom is 0.414 e. The second kappa shape index (κ2) is 6.89. The van der Waals surface area contributed by atoms with Gasteiger partial charge < -0.3 is 14.7 Å². The number of ether oxygens (including phenoxy) is 1. The van der Waals surface area contributed by atoms with Gasteiger partial charge in [-0.1, -0.05) is 5.57 Å². The van der Waals surface area contributed by atoms with Crippen LogP contribution in [0.3, 0.4) is 0 Å². The van der Waals surface area contributed by atoms with Gasteiger partial charge in [0.1, 0.15) is 11.9 Å². The van der Waals surface area contributed by atoms with Crippen LogP contribution in [-0.4, -0.2) is 43.5 Å². The first-order valence-corrected chi connectivity index (χ1v) is 7.83.